The normalized spacial score (nSPS) is 26.9. The van der Waals surface area contributed by atoms with Crippen molar-refractivity contribution >= 4 is 28.6 Å². The maximum atomic E-state index is 6.01. The second kappa shape index (κ2) is 4.31. The van der Waals surface area contributed by atoms with E-state index in [0.717, 1.165) is 37.3 Å². The molecule has 100 valence electrons. The van der Waals surface area contributed by atoms with Crippen molar-refractivity contribution in [3.05, 3.63) is 11.6 Å². The minimum absolute atomic E-state index is 0.246. The molecule has 4 rings (SSSR count). The Bertz CT molecular complexity index is 615. The van der Waals surface area contributed by atoms with Crippen LogP contribution in [0.25, 0.3) is 11.2 Å². The molecule has 2 atom stereocenters. The highest BCUT2D eigenvalue weighted by Gasteiger charge is 2.37. The number of anilines is 1. The number of halogens is 1. The first-order valence-corrected chi connectivity index (χ1v) is 6.95. The highest BCUT2D eigenvalue weighted by molar-refractivity contribution is 6.28. The molecule has 1 saturated carbocycles. The molecular weight excluding hydrogens is 266 g/mol. The van der Waals surface area contributed by atoms with Crippen LogP contribution in [0.4, 0.5) is 5.82 Å². The van der Waals surface area contributed by atoms with Gasteiger partial charge in [-0.3, -0.25) is 0 Å². The Morgan fingerprint density at radius 3 is 3.26 bits per heavy atom. The van der Waals surface area contributed by atoms with Gasteiger partial charge in [0.15, 0.2) is 11.5 Å². The number of rotatable bonds is 1. The van der Waals surface area contributed by atoms with Crippen LogP contribution >= 0.6 is 11.6 Å². The van der Waals surface area contributed by atoms with Crippen LogP contribution in [0, 0.1) is 0 Å². The monoisotopic (exact) mass is 279 g/mol. The third kappa shape index (κ3) is 1.78. The predicted molar refractivity (Wildman–Crippen MR) is 71.4 cm³/mol. The van der Waals surface area contributed by atoms with Crippen LogP contribution in [-0.4, -0.2) is 45.2 Å². The van der Waals surface area contributed by atoms with Crippen molar-refractivity contribution in [3.63, 3.8) is 0 Å². The third-order valence-electron chi connectivity index (χ3n) is 3.99. The Labute approximate surface area is 115 Å². The predicted octanol–water partition coefficient (Wildman–Crippen LogP) is 1.76. The highest BCUT2D eigenvalue weighted by atomic mass is 35.5. The van der Waals surface area contributed by atoms with E-state index in [9.17, 15) is 0 Å². The molecule has 0 spiro atoms. The second-order valence-electron chi connectivity index (χ2n) is 5.02. The van der Waals surface area contributed by atoms with Crippen LogP contribution < -0.4 is 4.90 Å². The standard InChI is InChI=1S/C12H14ClN5O/c13-12-16-10-9(14-6-15-10)11(17-12)18-4-5-19-8-3-1-2-7(8)18/h6-8H,1-5H2,(H,14,15,16,17). The lowest BCUT2D eigenvalue weighted by Gasteiger charge is -2.38. The molecule has 0 bridgehead atoms. The van der Waals surface area contributed by atoms with Crippen molar-refractivity contribution in [2.45, 2.75) is 31.4 Å². The molecule has 6 nitrogen and oxygen atoms in total. The molecule has 1 aliphatic heterocycles. The molecule has 7 heteroatoms. The summed E-state index contributed by atoms with van der Waals surface area (Å²) in [5.74, 6) is 0.854. The molecule has 1 saturated heterocycles. The Kier molecular flexibility index (Phi) is 2.60. The van der Waals surface area contributed by atoms with Gasteiger partial charge in [0.25, 0.3) is 0 Å². The van der Waals surface area contributed by atoms with E-state index in [4.69, 9.17) is 16.3 Å². The molecule has 0 amide bonds. The number of nitrogens with one attached hydrogen (secondary N) is 1. The fraction of sp³-hybridized carbons (Fsp3) is 0.583. The van der Waals surface area contributed by atoms with Gasteiger partial charge in [-0.1, -0.05) is 0 Å². The molecule has 2 aromatic rings. The zero-order chi connectivity index (χ0) is 12.8. The van der Waals surface area contributed by atoms with Crippen LogP contribution in [0.2, 0.25) is 5.28 Å². The SMILES string of the molecule is Clc1nc(N2CCOC3CCCC32)c2[nH]cnc2n1. The summed E-state index contributed by atoms with van der Waals surface area (Å²) in [6, 6.07) is 0.395. The lowest BCUT2D eigenvalue weighted by Crippen LogP contribution is -2.49. The lowest BCUT2D eigenvalue weighted by atomic mass is 10.1. The first kappa shape index (κ1) is 11.4. The van der Waals surface area contributed by atoms with Gasteiger partial charge in [0.2, 0.25) is 5.28 Å². The van der Waals surface area contributed by atoms with Crippen LogP contribution in [0.5, 0.6) is 0 Å². The molecule has 0 aromatic carbocycles. The van der Waals surface area contributed by atoms with Crippen molar-refractivity contribution in [1.29, 1.82) is 0 Å². The van der Waals surface area contributed by atoms with Gasteiger partial charge in [-0.25, -0.2) is 4.98 Å². The summed E-state index contributed by atoms with van der Waals surface area (Å²) >= 11 is 6.01. The summed E-state index contributed by atoms with van der Waals surface area (Å²) < 4.78 is 5.83. The number of ether oxygens (including phenoxy) is 1. The maximum absolute atomic E-state index is 6.01. The number of H-pyrrole nitrogens is 1. The van der Waals surface area contributed by atoms with E-state index in [1.165, 1.54) is 6.42 Å². The Balaban J connectivity index is 1.82. The van der Waals surface area contributed by atoms with Crippen molar-refractivity contribution in [3.8, 4) is 0 Å². The second-order valence-corrected chi connectivity index (χ2v) is 5.36. The summed E-state index contributed by atoms with van der Waals surface area (Å²) in [5, 5.41) is 0.246. The zero-order valence-corrected chi connectivity index (χ0v) is 11.1. The van der Waals surface area contributed by atoms with E-state index in [2.05, 4.69) is 24.8 Å². The number of morpholine rings is 1. The molecule has 19 heavy (non-hydrogen) atoms. The van der Waals surface area contributed by atoms with Crippen molar-refractivity contribution < 1.29 is 4.74 Å². The molecule has 2 fully saturated rings. The maximum Gasteiger partial charge on any atom is 0.226 e. The van der Waals surface area contributed by atoms with E-state index in [1.54, 1.807) is 6.33 Å². The largest absolute Gasteiger partial charge is 0.374 e. The minimum atomic E-state index is 0.246. The van der Waals surface area contributed by atoms with Gasteiger partial charge in [-0.2, -0.15) is 9.97 Å². The zero-order valence-electron chi connectivity index (χ0n) is 10.3. The summed E-state index contributed by atoms with van der Waals surface area (Å²) in [4.78, 5) is 18.1. The first-order valence-electron chi connectivity index (χ1n) is 6.58. The number of hydrogen-bond donors (Lipinski definition) is 1. The fourth-order valence-electron chi connectivity index (χ4n) is 3.19. The Hall–Kier alpha value is -1.40. The van der Waals surface area contributed by atoms with E-state index >= 15 is 0 Å². The molecular formula is C12H14ClN5O. The van der Waals surface area contributed by atoms with Crippen LogP contribution in [0.15, 0.2) is 6.33 Å². The number of fused-ring (bicyclic) bond motifs is 2. The fourth-order valence-corrected chi connectivity index (χ4v) is 3.35. The molecule has 0 radical (unpaired) electrons. The minimum Gasteiger partial charge on any atom is -0.374 e. The van der Waals surface area contributed by atoms with Crippen molar-refractivity contribution in [2.24, 2.45) is 0 Å². The topological polar surface area (TPSA) is 66.9 Å². The molecule has 1 N–H and O–H groups in total. The summed E-state index contributed by atoms with van der Waals surface area (Å²) in [5.41, 5.74) is 1.48. The first-order chi connectivity index (χ1) is 9.33. The van der Waals surface area contributed by atoms with Crippen LogP contribution in [0.3, 0.4) is 0 Å². The smallest absolute Gasteiger partial charge is 0.226 e. The average Bonchev–Trinajstić information content (AvgIpc) is 3.04. The number of aromatic nitrogens is 4. The van der Waals surface area contributed by atoms with E-state index in [-0.39, 0.29) is 5.28 Å². The number of hydrogen-bond acceptors (Lipinski definition) is 5. The van der Waals surface area contributed by atoms with Gasteiger partial charge in [0, 0.05) is 6.54 Å². The van der Waals surface area contributed by atoms with Gasteiger partial charge in [0.1, 0.15) is 5.52 Å². The third-order valence-corrected chi connectivity index (χ3v) is 4.16. The Morgan fingerprint density at radius 1 is 1.37 bits per heavy atom. The Morgan fingerprint density at radius 2 is 2.32 bits per heavy atom. The number of aromatic amines is 1. The summed E-state index contributed by atoms with van der Waals surface area (Å²) in [6.45, 7) is 1.57. The van der Waals surface area contributed by atoms with Crippen LogP contribution in [0.1, 0.15) is 19.3 Å². The lowest BCUT2D eigenvalue weighted by molar-refractivity contribution is 0.0254. The van der Waals surface area contributed by atoms with Crippen LogP contribution in [-0.2, 0) is 4.74 Å². The van der Waals surface area contributed by atoms with E-state index in [0.29, 0.717) is 17.8 Å². The van der Waals surface area contributed by atoms with Gasteiger partial charge in [0.05, 0.1) is 25.1 Å². The molecule has 2 unspecified atom stereocenters. The molecule has 2 aromatic heterocycles. The number of nitrogens with zero attached hydrogens (tertiary/aromatic N) is 4. The van der Waals surface area contributed by atoms with Gasteiger partial charge in [-0.05, 0) is 30.9 Å². The van der Waals surface area contributed by atoms with E-state index in [1.807, 2.05) is 0 Å². The molecule has 1 aliphatic carbocycles. The molecule has 3 heterocycles. The number of imidazole rings is 1. The van der Waals surface area contributed by atoms with Crippen molar-refractivity contribution in [1.82, 2.24) is 19.9 Å². The van der Waals surface area contributed by atoms with Gasteiger partial charge >= 0.3 is 0 Å². The van der Waals surface area contributed by atoms with E-state index < -0.39 is 0 Å². The average molecular weight is 280 g/mol. The van der Waals surface area contributed by atoms with Gasteiger partial charge < -0.3 is 14.6 Å². The van der Waals surface area contributed by atoms with Gasteiger partial charge in [-0.15, -0.1) is 0 Å². The quantitative estimate of drug-likeness (QED) is 0.806. The highest BCUT2D eigenvalue weighted by Crippen LogP contribution is 2.34. The summed E-state index contributed by atoms with van der Waals surface area (Å²) in [6.07, 6.45) is 5.43. The van der Waals surface area contributed by atoms with Crippen molar-refractivity contribution in [2.75, 3.05) is 18.1 Å². The summed E-state index contributed by atoms with van der Waals surface area (Å²) in [7, 11) is 0. The molecule has 2 aliphatic rings.